The van der Waals surface area contributed by atoms with Crippen LogP contribution in [0.3, 0.4) is 0 Å². The maximum atomic E-state index is 10.9. The lowest BCUT2D eigenvalue weighted by molar-refractivity contribution is 0.0696. The van der Waals surface area contributed by atoms with Gasteiger partial charge in [0.1, 0.15) is 5.56 Å². The van der Waals surface area contributed by atoms with E-state index in [1.165, 1.54) is 6.20 Å². The van der Waals surface area contributed by atoms with E-state index in [0.717, 1.165) is 11.3 Å². The van der Waals surface area contributed by atoms with Crippen LogP contribution in [0.5, 0.6) is 0 Å². The Morgan fingerprint density at radius 2 is 2.12 bits per heavy atom. The van der Waals surface area contributed by atoms with Gasteiger partial charge in [-0.25, -0.2) is 9.48 Å². The van der Waals surface area contributed by atoms with Crippen LogP contribution in [0.1, 0.15) is 21.6 Å². The molecule has 0 amide bonds. The van der Waals surface area contributed by atoms with E-state index in [2.05, 4.69) is 5.10 Å². The minimum atomic E-state index is -0.948. The first kappa shape index (κ1) is 10.4. The summed E-state index contributed by atoms with van der Waals surface area (Å²) in [5.74, 6) is -0.948. The third-order valence-electron chi connectivity index (χ3n) is 2.40. The lowest BCUT2D eigenvalue weighted by Gasteiger charge is -2.01. The zero-order valence-corrected chi connectivity index (χ0v) is 9.14. The number of aromatic nitrogens is 2. The lowest BCUT2D eigenvalue weighted by atomic mass is 10.2. The monoisotopic (exact) mass is 216 g/mol. The molecule has 1 heterocycles. The van der Waals surface area contributed by atoms with E-state index in [4.69, 9.17) is 5.11 Å². The highest BCUT2D eigenvalue weighted by Crippen LogP contribution is 2.13. The number of benzene rings is 1. The van der Waals surface area contributed by atoms with Gasteiger partial charge >= 0.3 is 5.97 Å². The fourth-order valence-corrected chi connectivity index (χ4v) is 1.57. The largest absolute Gasteiger partial charge is 0.478 e. The van der Waals surface area contributed by atoms with Crippen LogP contribution in [0, 0.1) is 13.8 Å². The number of hydrogen-bond acceptors (Lipinski definition) is 2. The van der Waals surface area contributed by atoms with Crippen LogP contribution in [-0.4, -0.2) is 20.9 Å². The zero-order valence-electron chi connectivity index (χ0n) is 9.14. The maximum absolute atomic E-state index is 10.9. The van der Waals surface area contributed by atoms with Crippen LogP contribution < -0.4 is 0 Å². The second-order valence-electron chi connectivity index (χ2n) is 3.72. The van der Waals surface area contributed by atoms with Gasteiger partial charge in [-0.3, -0.25) is 0 Å². The minimum absolute atomic E-state index is 0.238. The minimum Gasteiger partial charge on any atom is -0.478 e. The van der Waals surface area contributed by atoms with Crippen molar-refractivity contribution in [2.75, 3.05) is 0 Å². The highest BCUT2D eigenvalue weighted by Gasteiger charge is 2.12. The summed E-state index contributed by atoms with van der Waals surface area (Å²) in [5, 5.41) is 13.1. The van der Waals surface area contributed by atoms with Gasteiger partial charge in [-0.15, -0.1) is 0 Å². The Morgan fingerprint density at radius 1 is 1.38 bits per heavy atom. The predicted octanol–water partition coefficient (Wildman–Crippen LogP) is 2.19. The van der Waals surface area contributed by atoms with E-state index in [9.17, 15) is 4.79 Å². The Labute approximate surface area is 93.1 Å². The van der Waals surface area contributed by atoms with Gasteiger partial charge in [0.15, 0.2) is 0 Å². The predicted molar refractivity (Wildman–Crippen MR) is 60.0 cm³/mol. The lowest BCUT2D eigenvalue weighted by Crippen LogP contribution is -1.96. The third kappa shape index (κ3) is 1.82. The summed E-state index contributed by atoms with van der Waals surface area (Å²) in [5.41, 5.74) is 2.74. The van der Waals surface area contributed by atoms with Crippen molar-refractivity contribution in [3.05, 3.63) is 47.3 Å². The zero-order chi connectivity index (χ0) is 11.7. The molecule has 0 aliphatic heterocycles. The van der Waals surface area contributed by atoms with Gasteiger partial charge in [0.2, 0.25) is 0 Å². The normalized spacial score (nSPS) is 10.4. The van der Waals surface area contributed by atoms with E-state index in [1.807, 2.05) is 31.2 Å². The van der Waals surface area contributed by atoms with Gasteiger partial charge in [0, 0.05) is 6.20 Å². The average molecular weight is 216 g/mol. The summed E-state index contributed by atoms with van der Waals surface area (Å²) in [7, 11) is 0. The number of aromatic carboxylic acids is 1. The first-order valence-electron chi connectivity index (χ1n) is 4.94. The second kappa shape index (κ2) is 3.81. The summed E-state index contributed by atoms with van der Waals surface area (Å²) in [6, 6.07) is 7.75. The molecule has 2 rings (SSSR count). The Balaban J connectivity index is 2.49. The molecule has 0 unspecified atom stereocenters. The number of nitrogens with zero attached hydrogens (tertiary/aromatic N) is 2. The molecule has 0 atom stereocenters. The van der Waals surface area contributed by atoms with E-state index < -0.39 is 5.97 Å². The summed E-state index contributed by atoms with van der Waals surface area (Å²) < 4.78 is 1.59. The Morgan fingerprint density at radius 3 is 2.69 bits per heavy atom. The molecule has 2 aromatic rings. The summed E-state index contributed by atoms with van der Waals surface area (Å²) in [6.07, 6.45) is 1.53. The molecule has 0 spiro atoms. The Bertz CT molecular complexity index is 544. The molecule has 0 saturated heterocycles. The smallest absolute Gasteiger partial charge is 0.339 e. The fourth-order valence-electron chi connectivity index (χ4n) is 1.57. The summed E-state index contributed by atoms with van der Waals surface area (Å²) in [4.78, 5) is 10.9. The molecule has 1 aromatic heterocycles. The number of carbonyl (C=O) groups is 1. The van der Waals surface area contributed by atoms with Crippen molar-refractivity contribution in [1.82, 2.24) is 9.78 Å². The van der Waals surface area contributed by atoms with E-state index >= 15 is 0 Å². The van der Waals surface area contributed by atoms with Crippen molar-refractivity contribution in [2.24, 2.45) is 0 Å². The van der Waals surface area contributed by atoms with Gasteiger partial charge in [-0.05, 0) is 31.5 Å². The van der Waals surface area contributed by atoms with Gasteiger partial charge < -0.3 is 5.11 Å². The molecule has 0 aliphatic carbocycles. The molecule has 4 nitrogen and oxygen atoms in total. The summed E-state index contributed by atoms with van der Waals surface area (Å²) >= 11 is 0. The Kier molecular flexibility index (Phi) is 2.48. The molecule has 0 fully saturated rings. The van der Waals surface area contributed by atoms with Crippen LogP contribution in [0.4, 0.5) is 0 Å². The van der Waals surface area contributed by atoms with Crippen LogP contribution in [-0.2, 0) is 0 Å². The second-order valence-corrected chi connectivity index (χ2v) is 3.72. The first-order chi connectivity index (χ1) is 7.58. The van der Waals surface area contributed by atoms with Crippen LogP contribution >= 0.6 is 0 Å². The van der Waals surface area contributed by atoms with Crippen molar-refractivity contribution in [1.29, 1.82) is 0 Å². The number of carboxylic acid groups (broad SMARTS) is 1. The van der Waals surface area contributed by atoms with Gasteiger partial charge in [-0.1, -0.05) is 12.1 Å². The molecular formula is C12H12N2O2. The molecule has 4 heteroatoms. The Hall–Kier alpha value is -2.10. The van der Waals surface area contributed by atoms with Crippen molar-refractivity contribution >= 4 is 5.97 Å². The molecule has 82 valence electrons. The number of carboxylic acids is 1. The molecule has 0 saturated carbocycles. The van der Waals surface area contributed by atoms with E-state index in [1.54, 1.807) is 11.6 Å². The van der Waals surface area contributed by atoms with Crippen molar-refractivity contribution < 1.29 is 9.90 Å². The van der Waals surface area contributed by atoms with Crippen molar-refractivity contribution in [3.63, 3.8) is 0 Å². The topological polar surface area (TPSA) is 55.1 Å². The van der Waals surface area contributed by atoms with Gasteiger partial charge in [0.05, 0.1) is 11.4 Å². The molecule has 0 radical (unpaired) electrons. The molecule has 0 aliphatic rings. The van der Waals surface area contributed by atoms with Gasteiger partial charge in [0.25, 0.3) is 0 Å². The van der Waals surface area contributed by atoms with Crippen LogP contribution in [0.15, 0.2) is 30.5 Å². The van der Waals surface area contributed by atoms with Crippen molar-refractivity contribution in [2.45, 2.75) is 13.8 Å². The molecule has 1 N–H and O–H groups in total. The quantitative estimate of drug-likeness (QED) is 0.837. The maximum Gasteiger partial charge on any atom is 0.339 e. The van der Waals surface area contributed by atoms with E-state index in [0.29, 0.717) is 5.69 Å². The number of aryl methyl sites for hydroxylation is 2. The van der Waals surface area contributed by atoms with Crippen molar-refractivity contribution in [3.8, 4) is 5.69 Å². The number of rotatable bonds is 2. The fraction of sp³-hybridized carbons (Fsp3) is 0.167. The summed E-state index contributed by atoms with van der Waals surface area (Å²) in [6.45, 7) is 3.67. The molecule has 0 bridgehead atoms. The average Bonchev–Trinajstić information content (AvgIpc) is 2.60. The highest BCUT2D eigenvalue weighted by atomic mass is 16.4. The molecule has 16 heavy (non-hydrogen) atoms. The van der Waals surface area contributed by atoms with E-state index in [-0.39, 0.29) is 5.56 Å². The van der Waals surface area contributed by atoms with Crippen LogP contribution in [0.2, 0.25) is 0 Å². The molecular weight excluding hydrogens is 204 g/mol. The number of hydrogen-bond donors (Lipinski definition) is 1. The molecule has 1 aromatic carbocycles. The van der Waals surface area contributed by atoms with Gasteiger partial charge in [-0.2, -0.15) is 5.10 Å². The standard InChI is InChI=1S/C12H12N2O2/c1-8-4-3-5-10(6-8)14-7-11(12(15)16)9(2)13-14/h3-7H,1-2H3,(H,15,16). The van der Waals surface area contributed by atoms with Crippen LogP contribution in [0.25, 0.3) is 5.69 Å². The third-order valence-corrected chi connectivity index (χ3v) is 2.40. The first-order valence-corrected chi connectivity index (χ1v) is 4.94. The highest BCUT2D eigenvalue weighted by molar-refractivity contribution is 5.88. The SMILES string of the molecule is Cc1cccc(-n2cc(C(=O)O)c(C)n2)c1.